The van der Waals surface area contributed by atoms with Crippen molar-refractivity contribution in [2.24, 2.45) is 0 Å². The number of thioether (sulfide) groups is 1. The van der Waals surface area contributed by atoms with E-state index in [0.29, 0.717) is 17.5 Å². The smallest absolute Gasteiger partial charge is 0.247 e. The van der Waals surface area contributed by atoms with Crippen molar-refractivity contribution in [3.8, 4) is 0 Å². The lowest BCUT2D eigenvalue weighted by atomic mass is 10.4. The summed E-state index contributed by atoms with van der Waals surface area (Å²) in [5, 5.41) is -0.327. The van der Waals surface area contributed by atoms with Crippen LogP contribution < -0.4 is 17.2 Å². The SMILES string of the molecule is [2H]C([2H])(C[NH3+])SSC[C@H]([NH3+])C(=O)SC([2H])([2H])C[NH3+]. The van der Waals surface area contributed by atoms with Crippen LogP contribution in [0.25, 0.3) is 0 Å². The van der Waals surface area contributed by atoms with Gasteiger partial charge in [-0.05, 0) is 0 Å². The van der Waals surface area contributed by atoms with Crippen LogP contribution in [0.3, 0.4) is 0 Å². The van der Waals surface area contributed by atoms with E-state index >= 15 is 0 Å². The molecule has 84 valence electrons. The molecule has 0 heterocycles. The van der Waals surface area contributed by atoms with Crippen LogP contribution in [0.1, 0.15) is 5.48 Å². The second-order valence-electron chi connectivity index (χ2n) is 2.27. The number of hydrogen-bond donors (Lipinski definition) is 3. The molecule has 0 bridgehead atoms. The van der Waals surface area contributed by atoms with E-state index in [0.717, 1.165) is 10.8 Å². The largest absolute Gasteiger partial charge is 0.357 e. The fourth-order valence-corrected chi connectivity index (χ4v) is 2.82. The van der Waals surface area contributed by atoms with E-state index < -0.39 is 17.5 Å². The maximum Gasteiger partial charge on any atom is 0.247 e. The molecule has 7 heteroatoms. The quantitative estimate of drug-likeness (QED) is 0.429. The summed E-state index contributed by atoms with van der Waals surface area (Å²) in [6.07, 6.45) is 0. The molecule has 14 heavy (non-hydrogen) atoms. The van der Waals surface area contributed by atoms with Gasteiger partial charge in [0.05, 0.1) is 30.3 Å². The van der Waals surface area contributed by atoms with Gasteiger partial charge in [0.1, 0.15) is 0 Å². The maximum atomic E-state index is 11.6. The topological polar surface area (TPSA) is 100.0 Å². The van der Waals surface area contributed by atoms with Crippen LogP contribution in [0.4, 0.5) is 0 Å². The summed E-state index contributed by atoms with van der Waals surface area (Å²) in [5.74, 6) is 0.350. The summed E-state index contributed by atoms with van der Waals surface area (Å²) in [7, 11) is 2.25. The third kappa shape index (κ3) is 7.95. The lowest BCUT2D eigenvalue weighted by molar-refractivity contribution is -0.393. The molecule has 4 nitrogen and oxygen atoms in total. The van der Waals surface area contributed by atoms with Crippen molar-refractivity contribution in [1.29, 1.82) is 0 Å². The van der Waals surface area contributed by atoms with E-state index in [1.54, 1.807) is 0 Å². The Balaban J connectivity index is 4.03. The second kappa shape index (κ2) is 10.1. The van der Waals surface area contributed by atoms with Crippen LogP contribution in [0.15, 0.2) is 0 Å². The third-order valence-corrected chi connectivity index (χ3v) is 4.07. The predicted molar refractivity (Wildman–Crippen MR) is 64.6 cm³/mol. The normalized spacial score (nSPS) is 19.1. The van der Waals surface area contributed by atoms with Gasteiger partial charge in [-0.1, -0.05) is 33.3 Å². The first-order valence-corrected chi connectivity index (χ1v) is 7.22. The summed E-state index contributed by atoms with van der Waals surface area (Å²) in [6, 6.07) is -0.560. The average molecular weight is 262 g/mol. The first-order valence-electron chi connectivity index (χ1n) is 6.08. The van der Waals surface area contributed by atoms with Crippen molar-refractivity contribution >= 4 is 38.5 Å². The first kappa shape index (κ1) is 8.72. The highest BCUT2D eigenvalue weighted by atomic mass is 33.1. The number of quaternary nitrogens is 3. The molecule has 1 atom stereocenters. The van der Waals surface area contributed by atoms with Crippen LogP contribution in [-0.4, -0.2) is 41.4 Å². The van der Waals surface area contributed by atoms with Crippen LogP contribution in [0.2, 0.25) is 0 Å². The van der Waals surface area contributed by atoms with Crippen molar-refractivity contribution in [3.05, 3.63) is 0 Å². The summed E-state index contributed by atoms with van der Waals surface area (Å²) in [5.41, 5.74) is 7.54. The van der Waals surface area contributed by atoms with Gasteiger partial charge in [-0.15, -0.1) is 0 Å². The molecule has 0 aliphatic carbocycles. The Bertz CT molecular complexity index is 283. The molecule has 9 N–H and O–H groups in total. The van der Waals surface area contributed by atoms with Gasteiger partial charge in [0, 0.05) is 5.48 Å². The van der Waals surface area contributed by atoms with Gasteiger partial charge in [0.25, 0.3) is 0 Å². The molecule has 0 unspecified atom stereocenters. The van der Waals surface area contributed by atoms with Crippen LogP contribution in [0.5, 0.6) is 0 Å². The zero-order chi connectivity index (χ0) is 14.4. The lowest BCUT2D eigenvalue weighted by Gasteiger charge is -2.04. The summed E-state index contributed by atoms with van der Waals surface area (Å²) < 4.78 is 29.8. The fourth-order valence-electron chi connectivity index (χ4n) is 0.473. The zero-order valence-corrected chi connectivity index (χ0v) is 10.4. The van der Waals surface area contributed by atoms with Crippen molar-refractivity contribution in [1.82, 2.24) is 0 Å². The van der Waals surface area contributed by atoms with Crippen LogP contribution in [-0.2, 0) is 4.79 Å². The molecule has 0 aromatic carbocycles. The Hall–Kier alpha value is 0.600. The molecule has 0 aliphatic rings. The zero-order valence-electron chi connectivity index (χ0n) is 12.0. The Morgan fingerprint density at radius 1 is 1.29 bits per heavy atom. The van der Waals surface area contributed by atoms with Gasteiger partial charge in [-0.25, -0.2) is 0 Å². The third-order valence-electron chi connectivity index (χ3n) is 1.10. The minimum atomic E-state index is -1.66. The van der Waals surface area contributed by atoms with Gasteiger partial charge in [-0.2, -0.15) is 0 Å². The molecule has 0 aromatic heterocycles. The summed E-state index contributed by atoms with van der Waals surface area (Å²) in [4.78, 5) is 11.6. The van der Waals surface area contributed by atoms with E-state index in [1.165, 1.54) is 10.8 Å². The Morgan fingerprint density at radius 2 is 1.93 bits per heavy atom. The molecule has 0 amide bonds. The van der Waals surface area contributed by atoms with E-state index in [9.17, 15) is 4.79 Å². The van der Waals surface area contributed by atoms with E-state index in [2.05, 4.69) is 17.2 Å². The second-order valence-corrected chi connectivity index (χ2v) is 5.40. The van der Waals surface area contributed by atoms with E-state index in [1.807, 2.05) is 0 Å². The maximum absolute atomic E-state index is 11.6. The molecule has 0 aliphatic heterocycles. The molecule has 0 spiro atoms. The Morgan fingerprint density at radius 3 is 2.50 bits per heavy atom. The highest BCUT2D eigenvalue weighted by Gasteiger charge is 2.17. The molecule has 0 saturated heterocycles. The van der Waals surface area contributed by atoms with Crippen LogP contribution in [0, 0.1) is 0 Å². The lowest BCUT2D eigenvalue weighted by Crippen LogP contribution is -2.65. The Labute approximate surface area is 102 Å². The average Bonchev–Trinajstić information content (AvgIpc) is 2.28. The molecule has 0 rings (SSSR count). The molecule has 0 aromatic rings. The van der Waals surface area contributed by atoms with E-state index in [-0.39, 0.29) is 18.2 Å². The van der Waals surface area contributed by atoms with Gasteiger partial charge < -0.3 is 17.2 Å². The molecule has 0 radical (unpaired) electrons. The van der Waals surface area contributed by atoms with Gasteiger partial charge in [0.2, 0.25) is 5.12 Å². The first-order chi connectivity index (χ1) is 8.13. The molecule has 0 fully saturated rings. The van der Waals surface area contributed by atoms with Crippen molar-refractivity contribution in [2.45, 2.75) is 6.04 Å². The number of carbonyl (C=O) groups excluding carboxylic acids is 1. The predicted octanol–water partition coefficient (Wildman–Crippen LogP) is -2.28. The van der Waals surface area contributed by atoms with Crippen molar-refractivity contribution in [3.63, 3.8) is 0 Å². The number of rotatable bonds is 8. The van der Waals surface area contributed by atoms with Gasteiger partial charge >= 0.3 is 0 Å². The molecular formula is C7H20N3OS3+3. The van der Waals surface area contributed by atoms with Gasteiger partial charge in [-0.3, -0.25) is 4.79 Å². The fraction of sp³-hybridized carbons (Fsp3) is 0.857. The van der Waals surface area contributed by atoms with Crippen LogP contribution >= 0.6 is 33.3 Å². The summed E-state index contributed by atoms with van der Waals surface area (Å²) >= 11 is 0.614. The van der Waals surface area contributed by atoms with Crippen molar-refractivity contribution in [2.75, 3.05) is 30.3 Å². The van der Waals surface area contributed by atoms with Crippen molar-refractivity contribution < 1.29 is 27.5 Å². The number of hydrogen-bond acceptors (Lipinski definition) is 4. The monoisotopic (exact) mass is 262 g/mol. The minimum Gasteiger partial charge on any atom is -0.357 e. The van der Waals surface area contributed by atoms with Gasteiger partial charge in [0.15, 0.2) is 6.04 Å². The Kier molecular flexibility index (Phi) is 6.31. The van der Waals surface area contributed by atoms with E-state index in [4.69, 9.17) is 5.48 Å². The number of carbonyl (C=O) groups is 1. The standard InChI is InChI=1S/C7H17N3OS3/c8-1-3-12-7(11)6(10)5-14-13-4-2-9/h6H,1-5,8-10H2/p+3/t6-/m0/s1/i3D2,4D2. The molecular weight excluding hydrogens is 238 g/mol. The molecule has 0 saturated carbocycles. The highest BCUT2D eigenvalue weighted by Crippen LogP contribution is 2.21. The minimum absolute atomic E-state index is 0.0159. The highest BCUT2D eigenvalue weighted by molar-refractivity contribution is 8.76. The summed E-state index contributed by atoms with van der Waals surface area (Å²) in [6.45, 7) is 0.168.